The van der Waals surface area contributed by atoms with Crippen LogP contribution in [0.4, 0.5) is 5.00 Å². The van der Waals surface area contributed by atoms with Gasteiger partial charge in [-0.15, -0.1) is 5.10 Å². The minimum atomic E-state index is -1.10. The van der Waals surface area contributed by atoms with E-state index in [0.29, 0.717) is 21.3 Å². The highest BCUT2D eigenvalue weighted by molar-refractivity contribution is 7.11. The van der Waals surface area contributed by atoms with Crippen molar-refractivity contribution in [3.05, 3.63) is 21.8 Å². The zero-order chi connectivity index (χ0) is 14.2. The minimum Gasteiger partial charge on any atom is -0.478 e. The van der Waals surface area contributed by atoms with Gasteiger partial charge in [0.15, 0.2) is 0 Å². The average molecular weight is 298 g/mol. The van der Waals surface area contributed by atoms with Gasteiger partial charge in [-0.2, -0.15) is 4.37 Å². The number of carbonyl (C=O) groups is 2. The first-order chi connectivity index (χ1) is 8.93. The van der Waals surface area contributed by atoms with Crippen LogP contribution in [0.5, 0.6) is 0 Å². The van der Waals surface area contributed by atoms with Gasteiger partial charge in [0.1, 0.15) is 15.4 Å². The number of hydrogen-bond acceptors (Lipinski definition) is 7. The van der Waals surface area contributed by atoms with E-state index in [0.717, 1.165) is 23.1 Å². The maximum absolute atomic E-state index is 12.3. The Kier molecular flexibility index (Phi) is 3.58. The number of carboxylic acid groups (broad SMARTS) is 1. The zero-order valence-electron chi connectivity index (χ0n) is 10.4. The summed E-state index contributed by atoms with van der Waals surface area (Å²) >= 11 is 1.97. The number of aromatic carboxylic acids is 1. The van der Waals surface area contributed by atoms with Gasteiger partial charge < -0.3 is 5.11 Å². The van der Waals surface area contributed by atoms with Crippen LogP contribution < -0.4 is 4.90 Å². The van der Waals surface area contributed by atoms with E-state index >= 15 is 0 Å². The summed E-state index contributed by atoms with van der Waals surface area (Å²) < 4.78 is 7.68. The normalized spacial score (nSPS) is 10.5. The van der Waals surface area contributed by atoms with Crippen molar-refractivity contribution in [2.45, 2.75) is 13.8 Å². The second-order valence-corrected chi connectivity index (χ2v) is 5.31. The standard InChI is InChI=1S/C10H10N4O3S2/c1-4-6(10(16)17)9(19-12-4)14(3)8(15)7-5(2)11-13-18-7/h1-3H3,(H,16,17). The molecule has 2 aromatic heterocycles. The predicted octanol–water partition coefficient (Wildman–Crippen LogP) is 1.59. The molecule has 9 heteroatoms. The molecule has 0 aliphatic carbocycles. The molecule has 0 saturated carbocycles. The van der Waals surface area contributed by atoms with Gasteiger partial charge in [0.25, 0.3) is 5.91 Å². The zero-order valence-corrected chi connectivity index (χ0v) is 12.0. The van der Waals surface area contributed by atoms with Crippen molar-refractivity contribution >= 4 is 39.9 Å². The lowest BCUT2D eigenvalue weighted by molar-refractivity contribution is 0.0697. The van der Waals surface area contributed by atoms with Gasteiger partial charge >= 0.3 is 5.97 Å². The number of amides is 1. The highest BCUT2D eigenvalue weighted by atomic mass is 32.1. The van der Waals surface area contributed by atoms with Gasteiger partial charge in [-0.3, -0.25) is 9.69 Å². The Bertz CT molecular complexity index is 649. The highest BCUT2D eigenvalue weighted by Crippen LogP contribution is 2.29. The highest BCUT2D eigenvalue weighted by Gasteiger charge is 2.26. The number of hydrogen-bond donors (Lipinski definition) is 1. The van der Waals surface area contributed by atoms with Crippen LogP contribution in [-0.4, -0.2) is 38.0 Å². The van der Waals surface area contributed by atoms with Crippen LogP contribution in [0.15, 0.2) is 0 Å². The molecule has 0 aliphatic heterocycles. The van der Waals surface area contributed by atoms with Gasteiger partial charge in [0.2, 0.25) is 0 Å². The van der Waals surface area contributed by atoms with E-state index in [2.05, 4.69) is 14.0 Å². The van der Waals surface area contributed by atoms with Crippen LogP contribution in [0.25, 0.3) is 0 Å². The molecule has 19 heavy (non-hydrogen) atoms. The lowest BCUT2D eigenvalue weighted by Crippen LogP contribution is -2.26. The molecule has 0 fully saturated rings. The Morgan fingerprint density at radius 2 is 1.89 bits per heavy atom. The van der Waals surface area contributed by atoms with Crippen LogP contribution in [0.2, 0.25) is 0 Å². The smallest absolute Gasteiger partial charge is 0.340 e. The summed E-state index contributed by atoms with van der Waals surface area (Å²) in [6.07, 6.45) is 0. The van der Waals surface area contributed by atoms with Crippen LogP contribution >= 0.6 is 23.1 Å². The van der Waals surface area contributed by atoms with Crippen LogP contribution in [0.1, 0.15) is 31.4 Å². The second-order valence-electron chi connectivity index (χ2n) is 3.80. The lowest BCUT2D eigenvalue weighted by atomic mass is 10.2. The molecule has 100 valence electrons. The van der Waals surface area contributed by atoms with E-state index in [1.54, 1.807) is 13.8 Å². The Morgan fingerprint density at radius 3 is 2.42 bits per heavy atom. The number of carboxylic acids is 1. The molecular weight excluding hydrogens is 288 g/mol. The fourth-order valence-corrected chi connectivity index (χ4v) is 2.98. The maximum atomic E-state index is 12.3. The van der Waals surface area contributed by atoms with Gasteiger partial charge in [-0.05, 0) is 36.9 Å². The fourth-order valence-electron chi connectivity index (χ4n) is 1.51. The van der Waals surface area contributed by atoms with E-state index in [1.807, 2.05) is 0 Å². The molecule has 0 radical (unpaired) electrons. The van der Waals surface area contributed by atoms with Crippen molar-refractivity contribution in [1.82, 2.24) is 14.0 Å². The third kappa shape index (κ3) is 2.34. The van der Waals surface area contributed by atoms with E-state index in [9.17, 15) is 9.59 Å². The first-order valence-electron chi connectivity index (χ1n) is 5.20. The third-order valence-corrected chi connectivity index (χ3v) is 4.35. The molecule has 0 bridgehead atoms. The topological polar surface area (TPSA) is 96.3 Å². The monoisotopic (exact) mass is 298 g/mol. The number of aryl methyl sites for hydroxylation is 2. The summed E-state index contributed by atoms with van der Waals surface area (Å²) in [5, 5.41) is 13.2. The number of carbonyl (C=O) groups excluding carboxylic acids is 1. The summed E-state index contributed by atoms with van der Waals surface area (Å²) in [7, 11) is 1.51. The van der Waals surface area contributed by atoms with Crippen molar-refractivity contribution < 1.29 is 14.7 Å². The average Bonchev–Trinajstić information content (AvgIpc) is 2.93. The molecule has 1 amide bonds. The van der Waals surface area contributed by atoms with Crippen molar-refractivity contribution in [2.75, 3.05) is 11.9 Å². The Morgan fingerprint density at radius 1 is 1.21 bits per heavy atom. The van der Waals surface area contributed by atoms with Gasteiger partial charge in [0, 0.05) is 7.05 Å². The Labute approximate surface area is 116 Å². The van der Waals surface area contributed by atoms with Crippen LogP contribution in [-0.2, 0) is 0 Å². The molecular formula is C10H10N4O3S2. The van der Waals surface area contributed by atoms with Crippen LogP contribution in [0.3, 0.4) is 0 Å². The first-order valence-corrected chi connectivity index (χ1v) is 6.74. The third-order valence-electron chi connectivity index (χ3n) is 2.51. The quantitative estimate of drug-likeness (QED) is 0.924. The van der Waals surface area contributed by atoms with Crippen molar-refractivity contribution in [3.63, 3.8) is 0 Å². The number of aromatic nitrogens is 3. The number of nitrogens with zero attached hydrogens (tertiary/aromatic N) is 4. The Balaban J connectivity index is 2.40. The van der Waals surface area contributed by atoms with Gasteiger partial charge in [-0.25, -0.2) is 4.79 Å². The van der Waals surface area contributed by atoms with Gasteiger partial charge in [0.05, 0.1) is 11.4 Å². The minimum absolute atomic E-state index is 0.0518. The van der Waals surface area contributed by atoms with E-state index in [4.69, 9.17) is 5.11 Å². The summed E-state index contributed by atoms with van der Waals surface area (Å²) in [6.45, 7) is 3.28. The lowest BCUT2D eigenvalue weighted by Gasteiger charge is -2.14. The molecule has 7 nitrogen and oxygen atoms in total. The first kappa shape index (κ1) is 13.6. The van der Waals surface area contributed by atoms with E-state index in [-0.39, 0.29) is 11.5 Å². The number of rotatable bonds is 3. The summed E-state index contributed by atoms with van der Waals surface area (Å²) in [5.74, 6) is -1.43. The van der Waals surface area contributed by atoms with Crippen molar-refractivity contribution in [2.24, 2.45) is 0 Å². The number of anilines is 1. The molecule has 1 N–H and O–H groups in total. The maximum Gasteiger partial charge on any atom is 0.340 e. The molecule has 0 unspecified atom stereocenters. The Hall–Kier alpha value is -1.87. The molecule has 2 aromatic rings. The largest absolute Gasteiger partial charge is 0.478 e. The van der Waals surface area contributed by atoms with E-state index in [1.165, 1.54) is 11.9 Å². The molecule has 2 rings (SSSR count). The molecule has 0 spiro atoms. The second kappa shape index (κ2) is 5.02. The van der Waals surface area contributed by atoms with Gasteiger partial charge in [-0.1, -0.05) is 4.49 Å². The molecule has 2 heterocycles. The van der Waals surface area contributed by atoms with E-state index < -0.39 is 5.97 Å². The molecule has 0 aliphatic rings. The molecule has 0 saturated heterocycles. The van der Waals surface area contributed by atoms with Crippen molar-refractivity contribution in [1.29, 1.82) is 0 Å². The summed E-state index contributed by atoms with van der Waals surface area (Å²) in [4.78, 5) is 25.1. The van der Waals surface area contributed by atoms with Crippen molar-refractivity contribution in [3.8, 4) is 0 Å². The molecule has 0 atom stereocenters. The molecule has 0 aromatic carbocycles. The predicted molar refractivity (Wildman–Crippen MR) is 71.2 cm³/mol. The SMILES string of the molecule is Cc1nnsc1C(=O)N(C)c1snc(C)c1C(=O)O. The van der Waals surface area contributed by atoms with Crippen LogP contribution in [0, 0.1) is 13.8 Å². The fraction of sp³-hybridized carbons (Fsp3) is 0.300. The summed E-state index contributed by atoms with van der Waals surface area (Å²) in [6, 6.07) is 0. The summed E-state index contributed by atoms with van der Waals surface area (Å²) in [5.41, 5.74) is 0.974.